The second-order valence-corrected chi connectivity index (χ2v) is 6.28. The van der Waals surface area contributed by atoms with Crippen LogP contribution in [0, 0.1) is 0 Å². The van der Waals surface area contributed by atoms with Crippen molar-refractivity contribution in [2.45, 2.75) is 6.42 Å². The molecule has 4 N–H and O–H groups in total. The molecule has 0 aliphatic heterocycles. The topological polar surface area (TPSA) is 110 Å². The summed E-state index contributed by atoms with van der Waals surface area (Å²) < 4.78 is 24.2. The van der Waals surface area contributed by atoms with Crippen LogP contribution in [0.5, 0.6) is 0 Å². The summed E-state index contributed by atoms with van der Waals surface area (Å²) in [7, 11) is -3.13. The quantitative estimate of drug-likeness (QED) is 0.530. The van der Waals surface area contributed by atoms with Crippen LogP contribution in [0.2, 0.25) is 0 Å². The SMILES string of the molecule is CS(=O)(=O)NCCCNc1ncnc2cc(N)ccc12. The number of benzene rings is 1. The molecule has 0 unspecified atom stereocenters. The van der Waals surface area contributed by atoms with Crippen molar-refractivity contribution in [2.75, 3.05) is 30.4 Å². The molecule has 0 atom stereocenters. The Balaban J connectivity index is 1.97. The van der Waals surface area contributed by atoms with Crippen LogP contribution in [-0.4, -0.2) is 37.7 Å². The van der Waals surface area contributed by atoms with E-state index in [9.17, 15) is 8.42 Å². The molecule has 108 valence electrons. The Morgan fingerprint density at radius 1 is 1.25 bits per heavy atom. The summed E-state index contributed by atoms with van der Waals surface area (Å²) in [4.78, 5) is 8.34. The van der Waals surface area contributed by atoms with Crippen LogP contribution in [0.3, 0.4) is 0 Å². The number of sulfonamides is 1. The lowest BCUT2D eigenvalue weighted by Crippen LogP contribution is -2.24. The van der Waals surface area contributed by atoms with Gasteiger partial charge in [-0.3, -0.25) is 0 Å². The number of nitrogens with two attached hydrogens (primary N) is 1. The highest BCUT2D eigenvalue weighted by molar-refractivity contribution is 7.88. The molecule has 0 aliphatic rings. The van der Waals surface area contributed by atoms with Crippen molar-refractivity contribution in [1.29, 1.82) is 0 Å². The Kier molecular flexibility index (Phi) is 4.35. The van der Waals surface area contributed by atoms with Crippen LogP contribution in [0.25, 0.3) is 10.9 Å². The number of rotatable bonds is 6. The predicted octanol–water partition coefficient (Wildman–Crippen LogP) is 0.563. The van der Waals surface area contributed by atoms with E-state index in [4.69, 9.17) is 5.73 Å². The van der Waals surface area contributed by atoms with E-state index in [0.29, 0.717) is 31.0 Å². The van der Waals surface area contributed by atoms with E-state index in [0.717, 1.165) is 17.2 Å². The van der Waals surface area contributed by atoms with Crippen molar-refractivity contribution in [2.24, 2.45) is 0 Å². The maximum Gasteiger partial charge on any atom is 0.208 e. The molecule has 0 bridgehead atoms. The maximum atomic E-state index is 10.9. The minimum Gasteiger partial charge on any atom is -0.399 e. The van der Waals surface area contributed by atoms with E-state index in [1.165, 1.54) is 6.33 Å². The van der Waals surface area contributed by atoms with Crippen LogP contribution in [0.15, 0.2) is 24.5 Å². The third-order valence-electron chi connectivity index (χ3n) is 2.67. The van der Waals surface area contributed by atoms with Crippen molar-refractivity contribution in [3.05, 3.63) is 24.5 Å². The van der Waals surface area contributed by atoms with Gasteiger partial charge in [-0.25, -0.2) is 23.1 Å². The lowest BCUT2D eigenvalue weighted by Gasteiger charge is -2.08. The van der Waals surface area contributed by atoms with Crippen molar-refractivity contribution in [3.8, 4) is 0 Å². The Bertz CT molecular complexity index is 702. The highest BCUT2D eigenvalue weighted by Gasteiger charge is 2.04. The molecular weight excluding hydrogens is 278 g/mol. The minimum atomic E-state index is -3.13. The molecule has 1 aromatic carbocycles. The lowest BCUT2D eigenvalue weighted by molar-refractivity contribution is 0.586. The Morgan fingerprint density at radius 3 is 2.80 bits per heavy atom. The number of nitrogens with one attached hydrogen (secondary N) is 2. The molecule has 0 radical (unpaired) electrons. The van der Waals surface area contributed by atoms with Crippen LogP contribution < -0.4 is 15.8 Å². The summed E-state index contributed by atoms with van der Waals surface area (Å²) in [6, 6.07) is 5.44. The van der Waals surface area contributed by atoms with Crippen molar-refractivity contribution < 1.29 is 8.42 Å². The number of nitrogens with zero attached hydrogens (tertiary/aromatic N) is 2. The summed E-state index contributed by atoms with van der Waals surface area (Å²) in [6.07, 6.45) is 3.27. The van der Waals surface area contributed by atoms with Crippen molar-refractivity contribution >= 4 is 32.4 Å². The zero-order chi connectivity index (χ0) is 14.6. The average Bonchev–Trinajstić information content (AvgIpc) is 2.36. The summed E-state index contributed by atoms with van der Waals surface area (Å²) >= 11 is 0. The van der Waals surface area contributed by atoms with E-state index >= 15 is 0 Å². The van der Waals surface area contributed by atoms with Gasteiger partial charge >= 0.3 is 0 Å². The minimum absolute atomic E-state index is 0.391. The summed E-state index contributed by atoms with van der Waals surface area (Å²) in [5.41, 5.74) is 7.14. The smallest absolute Gasteiger partial charge is 0.208 e. The predicted molar refractivity (Wildman–Crippen MR) is 79.9 cm³/mol. The fourth-order valence-electron chi connectivity index (χ4n) is 1.77. The maximum absolute atomic E-state index is 10.9. The lowest BCUT2D eigenvalue weighted by atomic mass is 10.2. The molecule has 0 saturated heterocycles. The third-order valence-corrected chi connectivity index (χ3v) is 3.40. The monoisotopic (exact) mass is 295 g/mol. The summed E-state index contributed by atoms with van der Waals surface area (Å²) in [6.45, 7) is 1.00. The second-order valence-electron chi connectivity index (χ2n) is 4.45. The zero-order valence-electron chi connectivity index (χ0n) is 11.1. The molecule has 0 saturated carbocycles. The normalized spacial score (nSPS) is 11.7. The molecule has 0 amide bonds. The standard InChI is InChI=1S/C12H17N5O2S/c1-20(18,19)17-6-2-5-14-12-10-4-3-9(13)7-11(10)15-8-16-12/h3-4,7-8,17H,2,5-6,13H2,1H3,(H,14,15,16). The van der Waals surface area contributed by atoms with Gasteiger partial charge in [0.1, 0.15) is 12.1 Å². The molecular formula is C12H17N5O2S. The number of fused-ring (bicyclic) bond motifs is 1. The molecule has 8 heteroatoms. The van der Waals surface area contributed by atoms with Crippen LogP contribution in [0.1, 0.15) is 6.42 Å². The van der Waals surface area contributed by atoms with Gasteiger partial charge in [0.25, 0.3) is 0 Å². The first kappa shape index (κ1) is 14.5. The molecule has 0 aliphatic carbocycles. The van der Waals surface area contributed by atoms with E-state index < -0.39 is 10.0 Å². The van der Waals surface area contributed by atoms with Gasteiger partial charge in [0.2, 0.25) is 10.0 Å². The van der Waals surface area contributed by atoms with E-state index in [2.05, 4.69) is 20.0 Å². The van der Waals surface area contributed by atoms with Gasteiger partial charge in [0.15, 0.2) is 0 Å². The molecule has 0 spiro atoms. The van der Waals surface area contributed by atoms with Crippen LogP contribution >= 0.6 is 0 Å². The van der Waals surface area contributed by atoms with Gasteiger partial charge in [0, 0.05) is 24.2 Å². The molecule has 1 heterocycles. The summed E-state index contributed by atoms with van der Waals surface area (Å²) in [5.74, 6) is 0.717. The fraction of sp³-hybridized carbons (Fsp3) is 0.333. The van der Waals surface area contributed by atoms with Crippen molar-refractivity contribution in [3.63, 3.8) is 0 Å². The molecule has 7 nitrogen and oxygen atoms in total. The molecule has 1 aromatic heterocycles. The molecule has 20 heavy (non-hydrogen) atoms. The van der Waals surface area contributed by atoms with E-state index in [-0.39, 0.29) is 0 Å². The highest BCUT2D eigenvalue weighted by Crippen LogP contribution is 2.20. The van der Waals surface area contributed by atoms with Gasteiger partial charge in [0.05, 0.1) is 11.8 Å². The Morgan fingerprint density at radius 2 is 2.05 bits per heavy atom. The second kappa shape index (κ2) is 6.02. The molecule has 2 aromatic rings. The number of nitrogen functional groups attached to an aromatic ring is 1. The molecule has 2 rings (SSSR count). The van der Waals surface area contributed by atoms with Crippen LogP contribution in [0.4, 0.5) is 11.5 Å². The third kappa shape index (κ3) is 4.04. The van der Waals surface area contributed by atoms with Gasteiger partial charge in [-0.05, 0) is 24.6 Å². The first-order chi connectivity index (χ1) is 9.46. The number of aromatic nitrogens is 2. The summed E-state index contributed by atoms with van der Waals surface area (Å²) in [5, 5.41) is 4.05. The number of hydrogen-bond donors (Lipinski definition) is 3. The van der Waals surface area contributed by atoms with E-state index in [1.807, 2.05) is 6.07 Å². The first-order valence-corrected chi connectivity index (χ1v) is 8.03. The Hall–Kier alpha value is -1.93. The van der Waals surface area contributed by atoms with Gasteiger partial charge in [-0.15, -0.1) is 0 Å². The average molecular weight is 295 g/mol. The van der Waals surface area contributed by atoms with Crippen molar-refractivity contribution in [1.82, 2.24) is 14.7 Å². The highest BCUT2D eigenvalue weighted by atomic mass is 32.2. The zero-order valence-corrected chi connectivity index (χ0v) is 11.9. The first-order valence-electron chi connectivity index (χ1n) is 6.14. The Labute approximate surface area is 117 Å². The van der Waals surface area contributed by atoms with Gasteiger partial charge in [-0.1, -0.05) is 0 Å². The number of hydrogen-bond acceptors (Lipinski definition) is 6. The molecule has 0 fully saturated rings. The number of anilines is 2. The van der Waals surface area contributed by atoms with Crippen LogP contribution in [-0.2, 0) is 10.0 Å². The van der Waals surface area contributed by atoms with Gasteiger partial charge in [-0.2, -0.15) is 0 Å². The fourth-order valence-corrected chi connectivity index (χ4v) is 2.28. The van der Waals surface area contributed by atoms with Gasteiger partial charge < -0.3 is 11.1 Å². The largest absolute Gasteiger partial charge is 0.399 e. The van der Waals surface area contributed by atoms with E-state index in [1.54, 1.807) is 12.1 Å².